The van der Waals surface area contributed by atoms with E-state index in [1.807, 2.05) is 18.2 Å². The van der Waals surface area contributed by atoms with Crippen LogP contribution in [0, 0.1) is 5.92 Å². The van der Waals surface area contributed by atoms with Crippen LogP contribution >= 0.6 is 0 Å². The minimum absolute atomic E-state index is 0.0699. The van der Waals surface area contributed by atoms with Crippen LogP contribution in [0.15, 0.2) is 78.1 Å². The monoisotopic (exact) mass is 517 g/mol. The van der Waals surface area contributed by atoms with Gasteiger partial charge in [-0.1, -0.05) is 19.1 Å². The molecule has 1 saturated heterocycles. The van der Waals surface area contributed by atoms with Crippen LogP contribution in [-0.4, -0.2) is 41.4 Å². The average Bonchev–Trinajstić information content (AvgIpc) is 3.15. The SMILES string of the molecule is CC1CCN(c2ncccc2C(=O)NS(=O)(=O)c2cccc(Oc3ccc4cccnc4c3)n2)C1(C)C. The van der Waals surface area contributed by atoms with Crippen LogP contribution in [0.2, 0.25) is 0 Å². The van der Waals surface area contributed by atoms with E-state index in [4.69, 9.17) is 4.74 Å². The Kier molecular flexibility index (Phi) is 6.28. The van der Waals surface area contributed by atoms with Crippen LogP contribution in [0.1, 0.15) is 37.6 Å². The normalized spacial score (nSPS) is 17.1. The van der Waals surface area contributed by atoms with Gasteiger partial charge in [-0.25, -0.2) is 9.71 Å². The highest BCUT2D eigenvalue weighted by atomic mass is 32.2. The summed E-state index contributed by atoms with van der Waals surface area (Å²) in [5.74, 6) is 0.603. The van der Waals surface area contributed by atoms with Gasteiger partial charge in [0, 0.05) is 42.0 Å². The zero-order chi connectivity index (χ0) is 26.2. The van der Waals surface area contributed by atoms with Gasteiger partial charge in [0.25, 0.3) is 15.9 Å². The maximum Gasteiger partial charge on any atom is 0.281 e. The minimum atomic E-state index is -4.29. The number of nitrogens with zero attached hydrogens (tertiary/aromatic N) is 4. The number of hydrogen-bond acceptors (Lipinski definition) is 8. The third-order valence-electron chi connectivity index (χ3n) is 6.97. The predicted octanol–water partition coefficient (Wildman–Crippen LogP) is 4.56. The molecule has 9 nitrogen and oxygen atoms in total. The standard InChI is InChI=1S/C27H27N5O4S/c1-18-13-16-32(27(18,2)3)25-21(8-6-15-29-25)26(33)31-37(34,35)24-10-4-9-23(30-24)36-20-12-11-19-7-5-14-28-22(19)17-20/h4-12,14-15,17-18H,13,16H2,1-3H3,(H,31,33). The van der Waals surface area contributed by atoms with Crippen LogP contribution in [0.25, 0.3) is 10.9 Å². The molecule has 0 aliphatic carbocycles. The summed E-state index contributed by atoms with van der Waals surface area (Å²) in [4.78, 5) is 28.1. The van der Waals surface area contributed by atoms with Crippen molar-refractivity contribution in [3.63, 3.8) is 0 Å². The van der Waals surface area contributed by atoms with Gasteiger partial charge in [-0.3, -0.25) is 9.78 Å². The van der Waals surface area contributed by atoms with E-state index in [0.29, 0.717) is 17.5 Å². The smallest absolute Gasteiger partial charge is 0.281 e. The van der Waals surface area contributed by atoms with Crippen molar-refractivity contribution in [2.45, 2.75) is 37.8 Å². The highest BCUT2D eigenvalue weighted by molar-refractivity contribution is 7.90. The summed E-state index contributed by atoms with van der Waals surface area (Å²) in [6, 6.07) is 16.7. The Morgan fingerprint density at radius 2 is 1.84 bits per heavy atom. The van der Waals surface area contributed by atoms with Gasteiger partial charge in [-0.15, -0.1) is 0 Å². The van der Waals surface area contributed by atoms with E-state index in [0.717, 1.165) is 23.9 Å². The quantitative estimate of drug-likeness (QED) is 0.396. The van der Waals surface area contributed by atoms with E-state index >= 15 is 0 Å². The summed E-state index contributed by atoms with van der Waals surface area (Å²) >= 11 is 0. The predicted molar refractivity (Wildman–Crippen MR) is 140 cm³/mol. The van der Waals surface area contributed by atoms with Crippen molar-refractivity contribution in [3.05, 3.63) is 78.6 Å². The number of fused-ring (bicyclic) bond motifs is 1. The molecular formula is C27H27N5O4S. The Morgan fingerprint density at radius 1 is 1.05 bits per heavy atom. The van der Waals surface area contributed by atoms with Gasteiger partial charge < -0.3 is 9.64 Å². The Morgan fingerprint density at radius 3 is 2.62 bits per heavy atom. The number of hydrogen-bond donors (Lipinski definition) is 1. The second-order valence-corrected chi connectivity index (χ2v) is 11.2. The molecule has 190 valence electrons. The molecule has 4 heterocycles. The highest BCUT2D eigenvalue weighted by Crippen LogP contribution is 2.38. The van der Waals surface area contributed by atoms with Crippen LogP contribution in [-0.2, 0) is 10.0 Å². The fraction of sp³-hybridized carbons (Fsp3) is 0.259. The molecule has 1 N–H and O–H groups in total. The first-order chi connectivity index (χ1) is 17.6. The Hall–Kier alpha value is -4.05. The average molecular weight is 518 g/mol. The third-order valence-corrected chi connectivity index (χ3v) is 8.21. The first-order valence-electron chi connectivity index (χ1n) is 11.9. The molecule has 0 saturated carbocycles. The molecule has 4 aromatic rings. The van der Waals surface area contributed by atoms with E-state index in [9.17, 15) is 13.2 Å². The van der Waals surface area contributed by atoms with Crippen molar-refractivity contribution < 1.29 is 17.9 Å². The Balaban J connectivity index is 1.38. The molecule has 37 heavy (non-hydrogen) atoms. The summed E-state index contributed by atoms with van der Waals surface area (Å²) in [6.45, 7) is 7.07. The van der Waals surface area contributed by atoms with Gasteiger partial charge in [-0.2, -0.15) is 13.4 Å². The van der Waals surface area contributed by atoms with Crippen molar-refractivity contribution in [3.8, 4) is 11.6 Å². The number of carbonyl (C=O) groups excluding carboxylic acids is 1. The zero-order valence-electron chi connectivity index (χ0n) is 20.7. The summed E-state index contributed by atoms with van der Waals surface area (Å²) in [5, 5.41) is 0.612. The van der Waals surface area contributed by atoms with Crippen LogP contribution in [0.5, 0.6) is 11.6 Å². The van der Waals surface area contributed by atoms with Crippen molar-refractivity contribution in [1.82, 2.24) is 19.7 Å². The lowest BCUT2D eigenvalue weighted by atomic mass is 9.90. The molecule has 1 fully saturated rings. The number of rotatable bonds is 6. The number of nitrogens with one attached hydrogen (secondary N) is 1. The summed E-state index contributed by atoms with van der Waals surface area (Å²) in [7, 11) is -4.29. The maximum absolute atomic E-state index is 13.2. The summed E-state index contributed by atoms with van der Waals surface area (Å²) in [6.07, 6.45) is 4.23. The lowest BCUT2D eigenvalue weighted by molar-refractivity contribution is 0.0981. The molecule has 0 spiro atoms. The Labute approximate surface area is 215 Å². The molecule has 0 radical (unpaired) electrons. The molecule has 1 aliphatic heterocycles. The van der Waals surface area contributed by atoms with Gasteiger partial charge >= 0.3 is 0 Å². The lowest BCUT2D eigenvalue weighted by Gasteiger charge is -2.36. The summed E-state index contributed by atoms with van der Waals surface area (Å²) < 4.78 is 34.2. The molecule has 5 rings (SSSR count). The molecule has 1 unspecified atom stereocenters. The number of aromatic nitrogens is 3. The molecule has 0 bridgehead atoms. The van der Waals surface area contributed by atoms with E-state index in [1.54, 1.807) is 42.7 Å². The maximum atomic E-state index is 13.2. The molecular weight excluding hydrogens is 490 g/mol. The number of carbonyl (C=O) groups is 1. The van der Waals surface area contributed by atoms with E-state index in [2.05, 4.69) is 45.3 Å². The molecule has 1 aliphatic rings. The van der Waals surface area contributed by atoms with E-state index in [-0.39, 0.29) is 22.0 Å². The summed E-state index contributed by atoms with van der Waals surface area (Å²) in [5.41, 5.74) is 0.691. The number of sulfonamides is 1. The van der Waals surface area contributed by atoms with Crippen molar-refractivity contribution >= 4 is 32.7 Å². The van der Waals surface area contributed by atoms with Gasteiger partial charge in [0.2, 0.25) is 5.88 Å². The second-order valence-electron chi connectivity index (χ2n) is 9.58. The number of pyridine rings is 3. The second kappa shape index (κ2) is 9.44. The van der Waals surface area contributed by atoms with Crippen molar-refractivity contribution in [1.29, 1.82) is 0 Å². The van der Waals surface area contributed by atoms with Crippen LogP contribution in [0.3, 0.4) is 0 Å². The number of ether oxygens (including phenoxy) is 1. The van der Waals surface area contributed by atoms with E-state index < -0.39 is 15.9 Å². The molecule has 1 aromatic carbocycles. The van der Waals surface area contributed by atoms with Gasteiger partial charge in [0.15, 0.2) is 5.03 Å². The minimum Gasteiger partial charge on any atom is -0.439 e. The molecule has 1 atom stereocenters. The molecule has 1 amide bonds. The van der Waals surface area contributed by atoms with Crippen molar-refractivity contribution in [2.24, 2.45) is 5.92 Å². The molecule has 10 heteroatoms. The number of amides is 1. The van der Waals surface area contributed by atoms with Crippen LogP contribution < -0.4 is 14.4 Å². The lowest BCUT2D eigenvalue weighted by Crippen LogP contribution is -2.43. The Bertz CT molecular complexity index is 1590. The topological polar surface area (TPSA) is 114 Å². The van der Waals surface area contributed by atoms with Crippen molar-refractivity contribution in [2.75, 3.05) is 11.4 Å². The highest BCUT2D eigenvalue weighted by Gasteiger charge is 2.40. The first-order valence-corrected chi connectivity index (χ1v) is 13.4. The van der Waals surface area contributed by atoms with E-state index in [1.165, 1.54) is 12.1 Å². The fourth-order valence-corrected chi connectivity index (χ4v) is 5.39. The van der Waals surface area contributed by atoms with Gasteiger partial charge in [-0.05, 0) is 62.6 Å². The number of anilines is 1. The first kappa shape index (κ1) is 24.6. The van der Waals surface area contributed by atoms with Gasteiger partial charge in [0.1, 0.15) is 11.6 Å². The third kappa shape index (κ3) is 4.84. The zero-order valence-corrected chi connectivity index (χ0v) is 21.6. The largest absolute Gasteiger partial charge is 0.439 e. The number of benzene rings is 1. The fourth-order valence-electron chi connectivity index (χ4n) is 4.46. The molecule has 3 aromatic heterocycles. The van der Waals surface area contributed by atoms with Gasteiger partial charge in [0.05, 0.1) is 11.1 Å². The van der Waals surface area contributed by atoms with Crippen LogP contribution in [0.4, 0.5) is 5.82 Å².